The van der Waals surface area contributed by atoms with Gasteiger partial charge in [0.2, 0.25) is 5.91 Å². The molecule has 2 aliphatic rings. The molecular weight excluding hydrogens is 471 g/mol. The fraction of sp³-hybridized carbons (Fsp3) is 0.462. The van der Waals surface area contributed by atoms with E-state index in [9.17, 15) is 4.79 Å². The standard InChI is InChI=1S/C26H30Cl2N4O2/c1-16-14-31(9-10-32(16)25(33)18-5-3-4-6-18)15-19-11-21(28)12-23(17(19)2)30-26-29-22-8-7-20(27)13-24(22)34-26/h7-8,11-13,16,18H,3-6,9-10,14-15H2,1-2H3,(H,29,30)/t16-/m0/s1. The Hall–Kier alpha value is -2.28. The third-order valence-corrected chi connectivity index (χ3v) is 7.62. The summed E-state index contributed by atoms with van der Waals surface area (Å²) in [6.45, 7) is 7.53. The molecule has 180 valence electrons. The first kappa shape index (κ1) is 23.5. The average Bonchev–Trinajstić information content (AvgIpc) is 3.46. The number of carbonyl (C=O) groups excluding carboxylic acids is 1. The Morgan fingerprint density at radius 3 is 2.71 bits per heavy atom. The van der Waals surface area contributed by atoms with E-state index < -0.39 is 0 Å². The zero-order chi connectivity index (χ0) is 23.8. The summed E-state index contributed by atoms with van der Waals surface area (Å²) < 4.78 is 5.83. The van der Waals surface area contributed by atoms with Gasteiger partial charge in [0.25, 0.3) is 6.01 Å². The maximum absolute atomic E-state index is 12.9. The van der Waals surface area contributed by atoms with Gasteiger partial charge in [0.1, 0.15) is 5.52 Å². The minimum absolute atomic E-state index is 0.213. The second-order valence-electron chi connectivity index (χ2n) is 9.59. The number of aromatic nitrogens is 1. The molecule has 0 unspecified atom stereocenters. The molecule has 6 nitrogen and oxygen atoms in total. The summed E-state index contributed by atoms with van der Waals surface area (Å²) >= 11 is 12.6. The Labute approximate surface area is 210 Å². The first-order valence-corrected chi connectivity index (χ1v) is 12.8. The van der Waals surface area contributed by atoms with Crippen molar-refractivity contribution in [3.8, 4) is 0 Å². The number of hydrogen-bond donors (Lipinski definition) is 1. The molecule has 1 atom stereocenters. The van der Waals surface area contributed by atoms with E-state index in [1.165, 1.54) is 12.8 Å². The van der Waals surface area contributed by atoms with Crippen LogP contribution in [-0.4, -0.2) is 46.4 Å². The highest BCUT2D eigenvalue weighted by Crippen LogP contribution is 2.32. The quantitative estimate of drug-likeness (QED) is 0.438. The van der Waals surface area contributed by atoms with Crippen molar-refractivity contribution >= 4 is 51.9 Å². The number of halogens is 2. The Kier molecular flexibility index (Phi) is 6.74. The molecule has 34 heavy (non-hydrogen) atoms. The Morgan fingerprint density at radius 2 is 1.94 bits per heavy atom. The smallest absolute Gasteiger partial charge is 0.300 e. The number of nitrogens with zero attached hydrogens (tertiary/aromatic N) is 3. The highest BCUT2D eigenvalue weighted by molar-refractivity contribution is 6.31. The summed E-state index contributed by atoms with van der Waals surface area (Å²) in [5, 5.41) is 4.55. The van der Waals surface area contributed by atoms with Gasteiger partial charge in [-0.25, -0.2) is 0 Å². The molecule has 1 aromatic heterocycles. The molecule has 2 heterocycles. The molecule has 8 heteroatoms. The van der Waals surface area contributed by atoms with Crippen LogP contribution in [0.4, 0.5) is 11.7 Å². The molecule has 0 bridgehead atoms. The number of anilines is 2. The van der Waals surface area contributed by atoms with Gasteiger partial charge in [-0.2, -0.15) is 4.98 Å². The average molecular weight is 501 g/mol. The lowest BCUT2D eigenvalue weighted by Crippen LogP contribution is -2.54. The van der Waals surface area contributed by atoms with Crippen molar-refractivity contribution in [3.05, 3.63) is 51.5 Å². The Morgan fingerprint density at radius 1 is 1.15 bits per heavy atom. The van der Waals surface area contributed by atoms with Gasteiger partial charge in [0.15, 0.2) is 5.58 Å². The number of rotatable bonds is 5. The summed E-state index contributed by atoms with van der Waals surface area (Å²) in [6.07, 6.45) is 4.48. The van der Waals surface area contributed by atoms with Crippen LogP contribution in [0.2, 0.25) is 10.0 Å². The van der Waals surface area contributed by atoms with Gasteiger partial charge in [-0.3, -0.25) is 9.69 Å². The van der Waals surface area contributed by atoms with Gasteiger partial charge < -0.3 is 14.6 Å². The number of oxazole rings is 1. The van der Waals surface area contributed by atoms with E-state index in [-0.39, 0.29) is 12.0 Å². The molecule has 0 spiro atoms. The molecular formula is C26H30Cl2N4O2. The lowest BCUT2D eigenvalue weighted by Gasteiger charge is -2.41. The molecule has 2 aromatic carbocycles. The molecule has 1 amide bonds. The summed E-state index contributed by atoms with van der Waals surface area (Å²) in [4.78, 5) is 22.0. The maximum Gasteiger partial charge on any atom is 0.300 e. The van der Waals surface area contributed by atoms with E-state index in [1.54, 1.807) is 12.1 Å². The molecule has 1 aliphatic carbocycles. The fourth-order valence-corrected chi connectivity index (χ4v) is 5.65. The highest BCUT2D eigenvalue weighted by Gasteiger charge is 2.33. The molecule has 1 N–H and O–H groups in total. The van der Waals surface area contributed by atoms with Gasteiger partial charge >= 0.3 is 0 Å². The fourth-order valence-electron chi connectivity index (χ4n) is 5.25. The number of benzene rings is 2. The monoisotopic (exact) mass is 500 g/mol. The van der Waals surface area contributed by atoms with Crippen molar-refractivity contribution in [3.63, 3.8) is 0 Å². The van der Waals surface area contributed by atoms with Crippen LogP contribution >= 0.6 is 23.2 Å². The molecule has 5 rings (SSSR count). The zero-order valence-electron chi connectivity index (χ0n) is 19.6. The normalized spacial score (nSPS) is 19.8. The zero-order valence-corrected chi connectivity index (χ0v) is 21.1. The predicted molar refractivity (Wildman–Crippen MR) is 137 cm³/mol. The van der Waals surface area contributed by atoms with Crippen molar-refractivity contribution < 1.29 is 9.21 Å². The molecule has 3 aromatic rings. The second-order valence-corrected chi connectivity index (χ2v) is 10.5. The van der Waals surface area contributed by atoms with Crippen LogP contribution in [0, 0.1) is 12.8 Å². The number of fused-ring (bicyclic) bond motifs is 1. The molecule has 1 saturated carbocycles. The van der Waals surface area contributed by atoms with Crippen molar-refractivity contribution in [2.45, 2.75) is 52.1 Å². The second kappa shape index (κ2) is 9.76. The lowest BCUT2D eigenvalue weighted by atomic mass is 10.0. The molecule has 2 fully saturated rings. The van der Waals surface area contributed by atoms with Gasteiger partial charge in [-0.15, -0.1) is 0 Å². The largest absolute Gasteiger partial charge is 0.423 e. The predicted octanol–water partition coefficient (Wildman–Crippen LogP) is 6.41. The van der Waals surface area contributed by atoms with Crippen LogP contribution in [0.25, 0.3) is 11.1 Å². The number of piperazine rings is 1. The van der Waals surface area contributed by atoms with Gasteiger partial charge in [0, 0.05) is 59.9 Å². The van der Waals surface area contributed by atoms with Crippen molar-refractivity contribution in [2.24, 2.45) is 5.92 Å². The van der Waals surface area contributed by atoms with Crippen molar-refractivity contribution in [1.82, 2.24) is 14.8 Å². The van der Waals surface area contributed by atoms with Crippen LogP contribution in [0.15, 0.2) is 34.7 Å². The number of amides is 1. The molecule has 1 saturated heterocycles. The molecule has 1 aliphatic heterocycles. The maximum atomic E-state index is 12.9. The minimum atomic E-state index is 0.213. The van der Waals surface area contributed by atoms with E-state index in [4.69, 9.17) is 27.6 Å². The SMILES string of the molecule is Cc1c(CN2CCN(C(=O)C3CCCC3)[C@@H](C)C2)cc(Cl)cc1Nc1nc2ccc(Cl)cc2o1. The van der Waals surface area contributed by atoms with E-state index in [1.807, 2.05) is 18.2 Å². The highest BCUT2D eigenvalue weighted by atomic mass is 35.5. The summed E-state index contributed by atoms with van der Waals surface area (Å²) in [6, 6.07) is 9.91. The number of hydrogen-bond acceptors (Lipinski definition) is 5. The number of nitrogens with one attached hydrogen (secondary N) is 1. The van der Waals surface area contributed by atoms with E-state index in [0.29, 0.717) is 27.6 Å². The van der Waals surface area contributed by atoms with Crippen LogP contribution in [0.1, 0.15) is 43.7 Å². The first-order valence-electron chi connectivity index (χ1n) is 12.0. The van der Waals surface area contributed by atoms with E-state index >= 15 is 0 Å². The van der Waals surface area contributed by atoms with Crippen molar-refractivity contribution in [2.75, 3.05) is 25.0 Å². The summed E-state index contributed by atoms with van der Waals surface area (Å²) in [5.41, 5.74) is 4.49. The first-order chi connectivity index (χ1) is 16.4. The van der Waals surface area contributed by atoms with E-state index in [2.05, 4.69) is 33.9 Å². The minimum Gasteiger partial charge on any atom is -0.423 e. The van der Waals surface area contributed by atoms with Crippen LogP contribution in [-0.2, 0) is 11.3 Å². The van der Waals surface area contributed by atoms with Crippen LogP contribution in [0.5, 0.6) is 0 Å². The lowest BCUT2D eigenvalue weighted by molar-refractivity contribution is -0.140. The third-order valence-electron chi connectivity index (χ3n) is 7.17. The topological polar surface area (TPSA) is 61.6 Å². The van der Waals surface area contributed by atoms with Crippen LogP contribution in [0.3, 0.4) is 0 Å². The Balaban J connectivity index is 1.28. The number of carbonyl (C=O) groups is 1. The van der Waals surface area contributed by atoms with Crippen molar-refractivity contribution in [1.29, 1.82) is 0 Å². The van der Waals surface area contributed by atoms with Gasteiger partial charge in [-0.1, -0.05) is 36.0 Å². The summed E-state index contributed by atoms with van der Waals surface area (Å²) in [5.74, 6) is 0.593. The third kappa shape index (κ3) is 4.90. The van der Waals surface area contributed by atoms with Gasteiger partial charge in [-0.05, 0) is 62.1 Å². The summed E-state index contributed by atoms with van der Waals surface area (Å²) in [7, 11) is 0. The van der Waals surface area contributed by atoms with Gasteiger partial charge in [0.05, 0.1) is 0 Å². The Bertz CT molecular complexity index is 1200. The van der Waals surface area contributed by atoms with Crippen LogP contribution < -0.4 is 5.32 Å². The van der Waals surface area contributed by atoms with E-state index in [0.717, 1.165) is 61.4 Å². The molecule has 0 radical (unpaired) electrons.